The average Bonchev–Trinajstić information content (AvgIpc) is 2.83. The molecule has 0 saturated heterocycles. The van der Waals surface area contributed by atoms with Gasteiger partial charge in [-0.2, -0.15) is 0 Å². The van der Waals surface area contributed by atoms with Crippen LogP contribution in [-0.4, -0.2) is 34.2 Å². The third kappa shape index (κ3) is 2.07. The molecular formula is C14H15N3O. The van der Waals surface area contributed by atoms with Crippen LogP contribution in [0, 0.1) is 0 Å². The number of imidazole rings is 1. The van der Waals surface area contributed by atoms with Crippen molar-refractivity contribution in [3.63, 3.8) is 0 Å². The average molecular weight is 241 g/mol. The first-order valence-corrected chi connectivity index (χ1v) is 6.16. The lowest BCUT2D eigenvalue weighted by molar-refractivity contribution is -0.109. The third-order valence-electron chi connectivity index (χ3n) is 3.29. The fourth-order valence-electron chi connectivity index (χ4n) is 2.34. The maximum Gasteiger partial charge on any atom is 0.137 e. The molecule has 0 saturated carbocycles. The summed E-state index contributed by atoms with van der Waals surface area (Å²) in [5.41, 5.74) is 3.38. The number of carbonyl (C=O) groups excluding carboxylic acids is 1. The fraction of sp³-hybridized carbons (Fsp3) is 0.286. The van der Waals surface area contributed by atoms with E-state index in [4.69, 9.17) is 0 Å². The maximum absolute atomic E-state index is 10.5. The molecule has 0 radical (unpaired) electrons. The standard InChI is InChI=1S/C14H15N3O/c18-9-8-17-7-6-12-13(10-17)16-14(15-12)11-4-2-1-3-5-11/h1-5,9H,6-8,10H2,(H,15,16). The molecule has 1 aliphatic heterocycles. The van der Waals surface area contributed by atoms with Crippen molar-refractivity contribution in [3.8, 4) is 11.4 Å². The van der Waals surface area contributed by atoms with Crippen molar-refractivity contribution >= 4 is 6.29 Å². The number of nitrogens with zero attached hydrogens (tertiary/aromatic N) is 2. The number of H-pyrrole nitrogens is 1. The highest BCUT2D eigenvalue weighted by atomic mass is 16.1. The number of fused-ring (bicyclic) bond motifs is 1. The van der Waals surface area contributed by atoms with Gasteiger partial charge in [0.1, 0.15) is 12.1 Å². The minimum absolute atomic E-state index is 0.499. The van der Waals surface area contributed by atoms with Crippen LogP contribution in [-0.2, 0) is 17.8 Å². The predicted molar refractivity (Wildman–Crippen MR) is 69.1 cm³/mol. The Bertz CT molecular complexity index is 547. The second-order valence-electron chi connectivity index (χ2n) is 4.53. The summed E-state index contributed by atoms with van der Waals surface area (Å²) in [7, 11) is 0. The van der Waals surface area contributed by atoms with Crippen LogP contribution >= 0.6 is 0 Å². The predicted octanol–water partition coefficient (Wildman–Crippen LogP) is 1.63. The molecule has 4 nitrogen and oxygen atoms in total. The molecule has 2 aromatic rings. The van der Waals surface area contributed by atoms with E-state index >= 15 is 0 Å². The molecule has 92 valence electrons. The summed E-state index contributed by atoms with van der Waals surface area (Å²) in [6, 6.07) is 10.1. The van der Waals surface area contributed by atoms with Crippen molar-refractivity contribution in [3.05, 3.63) is 41.7 Å². The van der Waals surface area contributed by atoms with Crippen LogP contribution in [0.25, 0.3) is 11.4 Å². The van der Waals surface area contributed by atoms with Gasteiger partial charge in [-0.3, -0.25) is 4.90 Å². The molecule has 0 aliphatic carbocycles. The van der Waals surface area contributed by atoms with Gasteiger partial charge < -0.3 is 9.78 Å². The summed E-state index contributed by atoms with van der Waals surface area (Å²) in [5, 5.41) is 0. The van der Waals surface area contributed by atoms with Crippen LogP contribution in [0.2, 0.25) is 0 Å². The molecule has 2 heterocycles. The zero-order chi connectivity index (χ0) is 12.4. The molecule has 18 heavy (non-hydrogen) atoms. The second-order valence-corrected chi connectivity index (χ2v) is 4.53. The number of nitrogens with one attached hydrogen (secondary N) is 1. The van der Waals surface area contributed by atoms with Gasteiger partial charge in [-0.1, -0.05) is 30.3 Å². The quantitative estimate of drug-likeness (QED) is 0.831. The Morgan fingerprint density at radius 3 is 2.94 bits per heavy atom. The Morgan fingerprint density at radius 2 is 2.17 bits per heavy atom. The summed E-state index contributed by atoms with van der Waals surface area (Å²) < 4.78 is 0. The van der Waals surface area contributed by atoms with Crippen LogP contribution in [0.4, 0.5) is 0 Å². The highest BCUT2D eigenvalue weighted by Gasteiger charge is 2.19. The van der Waals surface area contributed by atoms with Gasteiger partial charge in [0.05, 0.1) is 17.9 Å². The summed E-state index contributed by atoms with van der Waals surface area (Å²) >= 11 is 0. The number of aldehydes is 1. The van der Waals surface area contributed by atoms with E-state index in [1.54, 1.807) is 0 Å². The zero-order valence-corrected chi connectivity index (χ0v) is 10.1. The topological polar surface area (TPSA) is 49.0 Å². The van der Waals surface area contributed by atoms with Crippen molar-refractivity contribution < 1.29 is 4.79 Å². The second kappa shape index (κ2) is 4.74. The molecule has 4 heteroatoms. The Morgan fingerprint density at radius 1 is 1.33 bits per heavy atom. The largest absolute Gasteiger partial charge is 0.341 e. The summed E-state index contributed by atoms with van der Waals surface area (Å²) in [5.74, 6) is 0.925. The Kier molecular flexibility index (Phi) is 2.94. The zero-order valence-electron chi connectivity index (χ0n) is 10.1. The van der Waals surface area contributed by atoms with Crippen molar-refractivity contribution in [2.24, 2.45) is 0 Å². The minimum Gasteiger partial charge on any atom is -0.341 e. The molecule has 0 atom stereocenters. The van der Waals surface area contributed by atoms with Crippen LogP contribution in [0.5, 0.6) is 0 Å². The number of aromatic amines is 1. The Balaban J connectivity index is 1.87. The van der Waals surface area contributed by atoms with Gasteiger partial charge in [-0.25, -0.2) is 4.98 Å². The first-order chi connectivity index (χ1) is 8.86. The molecule has 3 rings (SSSR count). The normalized spacial score (nSPS) is 15.3. The van der Waals surface area contributed by atoms with E-state index < -0.39 is 0 Å². The van der Waals surface area contributed by atoms with E-state index in [9.17, 15) is 4.79 Å². The van der Waals surface area contributed by atoms with Crippen LogP contribution in [0.3, 0.4) is 0 Å². The van der Waals surface area contributed by atoms with E-state index in [2.05, 4.69) is 14.9 Å². The third-order valence-corrected chi connectivity index (χ3v) is 3.29. The highest BCUT2D eigenvalue weighted by Crippen LogP contribution is 2.22. The molecule has 1 N–H and O–H groups in total. The maximum atomic E-state index is 10.5. The fourth-order valence-corrected chi connectivity index (χ4v) is 2.34. The minimum atomic E-state index is 0.499. The SMILES string of the molecule is O=CCN1CCc2nc(-c3ccccc3)[nH]c2C1. The molecule has 1 aromatic carbocycles. The molecule has 1 aromatic heterocycles. The van der Waals surface area contributed by atoms with Gasteiger partial charge in [0.25, 0.3) is 0 Å². The van der Waals surface area contributed by atoms with E-state index in [-0.39, 0.29) is 0 Å². The van der Waals surface area contributed by atoms with Gasteiger partial charge in [0.2, 0.25) is 0 Å². The smallest absolute Gasteiger partial charge is 0.137 e. The molecule has 0 spiro atoms. The van der Waals surface area contributed by atoms with Crippen LogP contribution in [0.15, 0.2) is 30.3 Å². The highest BCUT2D eigenvalue weighted by molar-refractivity contribution is 5.56. The number of carbonyl (C=O) groups is 1. The van der Waals surface area contributed by atoms with Gasteiger partial charge >= 0.3 is 0 Å². The van der Waals surface area contributed by atoms with E-state index in [0.29, 0.717) is 6.54 Å². The first kappa shape index (κ1) is 11.2. The van der Waals surface area contributed by atoms with E-state index in [1.807, 2.05) is 30.3 Å². The number of hydrogen-bond acceptors (Lipinski definition) is 3. The monoisotopic (exact) mass is 241 g/mol. The Hall–Kier alpha value is -1.94. The summed E-state index contributed by atoms with van der Waals surface area (Å²) in [4.78, 5) is 20.7. The van der Waals surface area contributed by atoms with Crippen molar-refractivity contribution in [1.29, 1.82) is 0 Å². The number of benzene rings is 1. The molecule has 0 amide bonds. The summed E-state index contributed by atoms with van der Waals surface area (Å²) in [6.45, 7) is 2.19. The van der Waals surface area contributed by atoms with Crippen molar-refractivity contribution in [2.45, 2.75) is 13.0 Å². The van der Waals surface area contributed by atoms with Crippen LogP contribution < -0.4 is 0 Å². The van der Waals surface area contributed by atoms with Crippen LogP contribution in [0.1, 0.15) is 11.4 Å². The number of rotatable bonds is 3. The number of hydrogen-bond donors (Lipinski definition) is 1. The van der Waals surface area contributed by atoms with Gasteiger partial charge in [0, 0.05) is 25.1 Å². The lowest BCUT2D eigenvalue weighted by atomic mass is 10.1. The lowest BCUT2D eigenvalue weighted by Crippen LogP contribution is -2.31. The molecule has 0 bridgehead atoms. The van der Waals surface area contributed by atoms with Crippen molar-refractivity contribution in [1.82, 2.24) is 14.9 Å². The summed E-state index contributed by atoms with van der Waals surface area (Å²) in [6.07, 6.45) is 1.87. The van der Waals surface area contributed by atoms with Crippen molar-refractivity contribution in [2.75, 3.05) is 13.1 Å². The van der Waals surface area contributed by atoms with Gasteiger partial charge in [-0.05, 0) is 0 Å². The van der Waals surface area contributed by atoms with Gasteiger partial charge in [-0.15, -0.1) is 0 Å². The molecular weight excluding hydrogens is 226 g/mol. The first-order valence-electron chi connectivity index (χ1n) is 6.16. The van der Waals surface area contributed by atoms with E-state index in [1.165, 1.54) is 0 Å². The lowest BCUT2D eigenvalue weighted by Gasteiger charge is -2.23. The molecule has 0 unspecified atom stereocenters. The van der Waals surface area contributed by atoms with Gasteiger partial charge in [0.15, 0.2) is 0 Å². The molecule has 0 fully saturated rings. The Labute approximate surface area is 106 Å². The molecule has 1 aliphatic rings. The van der Waals surface area contributed by atoms with E-state index in [0.717, 1.165) is 48.6 Å². The number of aromatic nitrogens is 2.